The van der Waals surface area contributed by atoms with Crippen molar-refractivity contribution in [1.82, 2.24) is 4.90 Å². The molecule has 7 nitrogen and oxygen atoms in total. The van der Waals surface area contributed by atoms with Gasteiger partial charge in [0.25, 0.3) is 0 Å². The number of fused-ring (bicyclic) bond motifs is 1. The SMILES string of the molecule is COc1c(C)c2c(c(OC)c1C/C=C(\C)CCC(=O)N1CCOCC1)C(=O)OC2. The van der Waals surface area contributed by atoms with Gasteiger partial charge in [-0.25, -0.2) is 4.79 Å². The molecule has 2 aliphatic heterocycles. The molecule has 1 amide bonds. The predicted molar refractivity (Wildman–Crippen MR) is 107 cm³/mol. The number of nitrogens with zero attached hydrogens (tertiary/aromatic N) is 1. The number of methoxy groups -OCH3 is 2. The summed E-state index contributed by atoms with van der Waals surface area (Å²) in [6.07, 6.45) is 3.78. The Morgan fingerprint density at radius 2 is 1.83 bits per heavy atom. The zero-order valence-electron chi connectivity index (χ0n) is 17.6. The fourth-order valence-corrected chi connectivity index (χ4v) is 3.89. The van der Waals surface area contributed by atoms with Crippen molar-refractivity contribution < 1.29 is 28.5 Å². The van der Waals surface area contributed by atoms with Crippen molar-refractivity contribution in [2.24, 2.45) is 0 Å². The van der Waals surface area contributed by atoms with Gasteiger partial charge >= 0.3 is 5.97 Å². The third-order valence-corrected chi connectivity index (χ3v) is 5.58. The van der Waals surface area contributed by atoms with Gasteiger partial charge in [-0.2, -0.15) is 0 Å². The quantitative estimate of drug-likeness (QED) is 0.515. The molecule has 7 heteroatoms. The number of benzene rings is 1. The lowest BCUT2D eigenvalue weighted by atomic mass is 9.94. The summed E-state index contributed by atoms with van der Waals surface area (Å²) in [6.45, 7) is 6.74. The minimum Gasteiger partial charge on any atom is -0.496 e. The lowest BCUT2D eigenvalue weighted by Gasteiger charge is -2.26. The lowest BCUT2D eigenvalue weighted by molar-refractivity contribution is -0.135. The van der Waals surface area contributed by atoms with Crippen LogP contribution >= 0.6 is 0 Å². The molecule has 158 valence electrons. The standard InChI is InChI=1S/C22H29NO6/c1-14(6-8-18(24)23-9-11-28-12-10-23)5-7-16-20(26-3)15(2)17-13-29-22(25)19(17)21(16)27-4/h5H,6-13H2,1-4H3/b14-5+. The average molecular weight is 403 g/mol. The van der Waals surface area contributed by atoms with E-state index in [1.807, 2.05) is 18.7 Å². The molecular formula is C22H29NO6. The second kappa shape index (κ2) is 9.31. The monoisotopic (exact) mass is 403 g/mol. The van der Waals surface area contributed by atoms with E-state index in [0.29, 0.717) is 62.6 Å². The fraction of sp³-hybridized carbons (Fsp3) is 0.545. The first-order chi connectivity index (χ1) is 14.0. The summed E-state index contributed by atoms with van der Waals surface area (Å²) in [6, 6.07) is 0. The number of rotatable bonds is 7. The third-order valence-electron chi connectivity index (χ3n) is 5.58. The van der Waals surface area contributed by atoms with E-state index in [-0.39, 0.29) is 18.5 Å². The first kappa shape index (κ1) is 21.2. The van der Waals surface area contributed by atoms with Crippen LogP contribution in [0.25, 0.3) is 0 Å². The van der Waals surface area contributed by atoms with E-state index in [2.05, 4.69) is 6.08 Å². The Morgan fingerprint density at radius 3 is 2.48 bits per heavy atom. The van der Waals surface area contributed by atoms with Crippen molar-refractivity contribution in [2.45, 2.75) is 39.7 Å². The molecule has 1 aromatic carbocycles. The Balaban J connectivity index is 1.75. The second-order valence-corrected chi connectivity index (χ2v) is 7.35. The van der Waals surface area contributed by atoms with Crippen LogP contribution in [0.1, 0.15) is 46.8 Å². The average Bonchev–Trinajstić information content (AvgIpc) is 3.13. The molecule has 0 aliphatic carbocycles. The van der Waals surface area contributed by atoms with Gasteiger partial charge in [0.15, 0.2) is 0 Å². The van der Waals surface area contributed by atoms with Crippen LogP contribution in [-0.2, 0) is 27.3 Å². The third kappa shape index (κ3) is 4.40. The van der Waals surface area contributed by atoms with Gasteiger partial charge in [-0.1, -0.05) is 11.6 Å². The molecule has 1 fully saturated rings. The largest absolute Gasteiger partial charge is 0.496 e. The Morgan fingerprint density at radius 1 is 1.14 bits per heavy atom. The summed E-state index contributed by atoms with van der Waals surface area (Å²) in [7, 11) is 3.17. The van der Waals surface area contributed by atoms with Crippen molar-refractivity contribution in [3.05, 3.63) is 33.9 Å². The summed E-state index contributed by atoms with van der Waals surface area (Å²) in [5.74, 6) is 1.03. The number of morpholine rings is 1. The molecular weight excluding hydrogens is 374 g/mol. The highest BCUT2D eigenvalue weighted by Crippen LogP contribution is 2.42. The first-order valence-corrected chi connectivity index (χ1v) is 9.92. The Hall–Kier alpha value is -2.54. The molecule has 0 spiro atoms. The zero-order chi connectivity index (χ0) is 21.0. The number of carbonyl (C=O) groups is 2. The Bertz CT molecular complexity index is 823. The number of hydrogen-bond donors (Lipinski definition) is 0. The van der Waals surface area contributed by atoms with Crippen molar-refractivity contribution in [3.8, 4) is 11.5 Å². The van der Waals surface area contributed by atoms with Crippen LogP contribution in [0.2, 0.25) is 0 Å². The smallest absolute Gasteiger partial charge is 0.342 e. The molecule has 2 aliphatic rings. The van der Waals surface area contributed by atoms with Crippen LogP contribution in [-0.4, -0.2) is 57.3 Å². The highest BCUT2D eigenvalue weighted by Gasteiger charge is 2.32. The van der Waals surface area contributed by atoms with Gasteiger partial charge in [-0.15, -0.1) is 0 Å². The van der Waals surface area contributed by atoms with Crippen molar-refractivity contribution >= 4 is 11.9 Å². The molecule has 2 heterocycles. The Labute approximate surface area is 171 Å². The molecule has 3 rings (SSSR count). The number of hydrogen-bond acceptors (Lipinski definition) is 6. The summed E-state index contributed by atoms with van der Waals surface area (Å²) in [4.78, 5) is 26.4. The van der Waals surface area contributed by atoms with Gasteiger partial charge in [0.2, 0.25) is 5.91 Å². The van der Waals surface area contributed by atoms with Gasteiger partial charge < -0.3 is 23.8 Å². The molecule has 0 bridgehead atoms. The summed E-state index contributed by atoms with van der Waals surface area (Å²) in [5, 5.41) is 0. The molecule has 0 aromatic heterocycles. The van der Waals surface area contributed by atoms with Gasteiger partial charge in [0.1, 0.15) is 23.7 Å². The maximum atomic E-state index is 12.3. The second-order valence-electron chi connectivity index (χ2n) is 7.35. The van der Waals surface area contributed by atoms with E-state index in [9.17, 15) is 9.59 Å². The van der Waals surface area contributed by atoms with Crippen LogP contribution in [0, 0.1) is 6.92 Å². The van der Waals surface area contributed by atoms with E-state index in [0.717, 1.165) is 22.3 Å². The summed E-state index contributed by atoms with van der Waals surface area (Å²) < 4.78 is 21.7. The van der Waals surface area contributed by atoms with Crippen molar-refractivity contribution in [1.29, 1.82) is 0 Å². The molecule has 29 heavy (non-hydrogen) atoms. The maximum absolute atomic E-state index is 12.3. The topological polar surface area (TPSA) is 74.3 Å². The molecule has 0 radical (unpaired) electrons. The number of ether oxygens (including phenoxy) is 4. The van der Waals surface area contributed by atoms with Crippen molar-refractivity contribution in [2.75, 3.05) is 40.5 Å². The van der Waals surface area contributed by atoms with Crippen LogP contribution < -0.4 is 9.47 Å². The lowest BCUT2D eigenvalue weighted by Crippen LogP contribution is -2.40. The van der Waals surface area contributed by atoms with E-state index >= 15 is 0 Å². The highest BCUT2D eigenvalue weighted by atomic mass is 16.5. The van der Waals surface area contributed by atoms with E-state index in [1.54, 1.807) is 14.2 Å². The normalized spacial score (nSPS) is 16.5. The van der Waals surface area contributed by atoms with E-state index < -0.39 is 0 Å². The summed E-state index contributed by atoms with van der Waals surface area (Å²) in [5.41, 5.74) is 4.15. The number of cyclic esters (lactones) is 1. The van der Waals surface area contributed by atoms with Gasteiger partial charge in [-0.3, -0.25) is 4.79 Å². The number of esters is 1. The van der Waals surface area contributed by atoms with Gasteiger partial charge in [0.05, 0.1) is 27.4 Å². The molecule has 0 N–H and O–H groups in total. The number of carbonyl (C=O) groups excluding carboxylic acids is 2. The Kier molecular flexibility index (Phi) is 6.79. The van der Waals surface area contributed by atoms with Gasteiger partial charge in [0, 0.05) is 30.6 Å². The summed E-state index contributed by atoms with van der Waals surface area (Å²) >= 11 is 0. The maximum Gasteiger partial charge on any atom is 0.342 e. The van der Waals surface area contributed by atoms with Crippen molar-refractivity contribution in [3.63, 3.8) is 0 Å². The van der Waals surface area contributed by atoms with Crippen LogP contribution in [0.15, 0.2) is 11.6 Å². The fourth-order valence-electron chi connectivity index (χ4n) is 3.89. The van der Waals surface area contributed by atoms with Crippen LogP contribution in [0.5, 0.6) is 11.5 Å². The van der Waals surface area contributed by atoms with E-state index in [1.165, 1.54) is 0 Å². The minimum atomic E-state index is -0.360. The molecule has 0 atom stereocenters. The van der Waals surface area contributed by atoms with Crippen LogP contribution in [0.3, 0.4) is 0 Å². The number of amides is 1. The predicted octanol–water partition coefficient (Wildman–Crippen LogP) is 2.81. The molecule has 1 aromatic rings. The van der Waals surface area contributed by atoms with E-state index in [4.69, 9.17) is 18.9 Å². The highest BCUT2D eigenvalue weighted by molar-refractivity contribution is 5.98. The molecule has 0 unspecified atom stereocenters. The van der Waals surface area contributed by atoms with Gasteiger partial charge in [-0.05, 0) is 32.3 Å². The molecule has 0 saturated carbocycles. The minimum absolute atomic E-state index is 0.160. The zero-order valence-corrected chi connectivity index (χ0v) is 17.6. The molecule has 1 saturated heterocycles. The van der Waals surface area contributed by atoms with Crippen LogP contribution in [0.4, 0.5) is 0 Å². The first-order valence-electron chi connectivity index (χ1n) is 9.92. The number of allylic oxidation sites excluding steroid dienone is 2.